The van der Waals surface area contributed by atoms with E-state index in [1.165, 1.54) is 53.2 Å². The highest BCUT2D eigenvalue weighted by Crippen LogP contribution is 2.26. The standard InChI is InChI=1S/C27H23F2N5O3/c1-2-31-22-12-15-34(19-8-5-17(28)6-9-19)27(36)25(22)26(35)33-18-7-10-23(20(29)16-18)37-24-4-3-14-32-21(24)11-13-30/h3-16,30-32H,2H2,1H3,(H,33,35)/b21-11-,30-13?. The van der Waals surface area contributed by atoms with Crippen LogP contribution in [-0.2, 0) is 0 Å². The predicted octanol–water partition coefficient (Wildman–Crippen LogP) is 4.71. The van der Waals surface area contributed by atoms with Crippen LogP contribution in [0.1, 0.15) is 17.3 Å². The van der Waals surface area contributed by atoms with Gasteiger partial charge in [-0.05, 0) is 67.6 Å². The summed E-state index contributed by atoms with van der Waals surface area (Å²) in [6, 6.07) is 10.7. The number of aromatic nitrogens is 1. The fraction of sp³-hybridized carbons (Fsp3) is 0.0741. The molecule has 10 heteroatoms. The molecular formula is C27H23F2N5O3. The summed E-state index contributed by atoms with van der Waals surface area (Å²) in [6.45, 7) is 2.27. The normalized spacial score (nSPS) is 13.5. The van der Waals surface area contributed by atoms with Gasteiger partial charge in [0.1, 0.15) is 11.4 Å². The highest BCUT2D eigenvalue weighted by atomic mass is 19.1. The molecule has 4 N–H and O–H groups in total. The molecule has 1 aliphatic heterocycles. The third-order valence-electron chi connectivity index (χ3n) is 5.30. The lowest BCUT2D eigenvalue weighted by molar-refractivity contribution is 0.102. The number of nitrogens with zero attached hydrogens (tertiary/aromatic N) is 1. The minimum absolute atomic E-state index is 0.0936. The molecule has 0 bridgehead atoms. The van der Waals surface area contributed by atoms with Crippen LogP contribution in [0.4, 0.5) is 20.2 Å². The Morgan fingerprint density at radius 1 is 1.16 bits per heavy atom. The van der Waals surface area contributed by atoms with Gasteiger partial charge >= 0.3 is 0 Å². The average molecular weight is 504 g/mol. The van der Waals surface area contributed by atoms with Crippen molar-refractivity contribution in [3.63, 3.8) is 0 Å². The second-order valence-electron chi connectivity index (χ2n) is 7.77. The number of rotatable bonds is 8. The van der Waals surface area contributed by atoms with Gasteiger partial charge in [-0.1, -0.05) is 0 Å². The zero-order valence-corrected chi connectivity index (χ0v) is 19.7. The number of allylic oxidation sites excluding steroid dienone is 3. The molecular weight excluding hydrogens is 480 g/mol. The number of pyridine rings is 1. The maximum Gasteiger partial charge on any atom is 0.270 e. The van der Waals surface area contributed by atoms with Crippen LogP contribution in [0.15, 0.2) is 95.4 Å². The van der Waals surface area contributed by atoms with Gasteiger partial charge in [0.15, 0.2) is 17.3 Å². The van der Waals surface area contributed by atoms with Crippen molar-refractivity contribution in [2.24, 2.45) is 0 Å². The van der Waals surface area contributed by atoms with E-state index in [1.54, 1.807) is 24.4 Å². The molecule has 0 saturated carbocycles. The summed E-state index contributed by atoms with van der Waals surface area (Å²) in [7, 11) is 0. The van der Waals surface area contributed by atoms with E-state index in [9.17, 15) is 18.4 Å². The number of carbonyl (C=O) groups is 1. The van der Waals surface area contributed by atoms with Gasteiger partial charge in [-0.25, -0.2) is 8.78 Å². The number of carbonyl (C=O) groups excluding carboxylic acids is 1. The summed E-state index contributed by atoms with van der Waals surface area (Å²) in [5.41, 5.74) is 0.471. The monoisotopic (exact) mass is 503 g/mol. The van der Waals surface area contributed by atoms with Crippen molar-refractivity contribution in [3.8, 4) is 11.4 Å². The van der Waals surface area contributed by atoms with E-state index in [-0.39, 0.29) is 17.0 Å². The van der Waals surface area contributed by atoms with Gasteiger partial charge in [0, 0.05) is 42.6 Å². The molecule has 0 saturated heterocycles. The lowest BCUT2D eigenvalue weighted by atomic mass is 10.1. The number of benzene rings is 2. The zero-order chi connectivity index (χ0) is 26.4. The Balaban J connectivity index is 1.61. The second kappa shape index (κ2) is 11.2. The molecule has 2 aromatic carbocycles. The van der Waals surface area contributed by atoms with Crippen LogP contribution in [0, 0.1) is 17.0 Å². The van der Waals surface area contributed by atoms with Crippen molar-refractivity contribution < 1.29 is 18.3 Å². The molecule has 1 aromatic heterocycles. The van der Waals surface area contributed by atoms with Crippen LogP contribution in [-0.4, -0.2) is 23.2 Å². The van der Waals surface area contributed by atoms with Gasteiger partial charge < -0.3 is 26.1 Å². The molecule has 2 heterocycles. The maximum atomic E-state index is 14.9. The van der Waals surface area contributed by atoms with E-state index in [0.29, 0.717) is 29.4 Å². The lowest BCUT2D eigenvalue weighted by Gasteiger charge is -2.17. The van der Waals surface area contributed by atoms with Crippen LogP contribution in [0.3, 0.4) is 0 Å². The fourth-order valence-electron chi connectivity index (χ4n) is 3.61. The number of halogens is 2. The third kappa shape index (κ3) is 5.64. The molecule has 4 rings (SSSR count). The van der Waals surface area contributed by atoms with Crippen molar-refractivity contribution >= 4 is 23.5 Å². The Morgan fingerprint density at radius 2 is 1.95 bits per heavy atom. The predicted molar refractivity (Wildman–Crippen MR) is 138 cm³/mol. The Bertz CT molecular complexity index is 1490. The first kappa shape index (κ1) is 25.1. The Morgan fingerprint density at radius 3 is 2.65 bits per heavy atom. The smallest absolute Gasteiger partial charge is 0.270 e. The summed E-state index contributed by atoms with van der Waals surface area (Å²) >= 11 is 0. The quantitative estimate of drug-likeness (QED) is 0.333. The molecule has 0 atom stereocenters. The van der Waals surface area contributed by atoms with Crippen molar-refractivity contribution in [1.29, 1.82) is 5.41 Å². The van der Waals surface area contributed by atoms with Crippen LogP contribution in [0.25, 0.3) is 5.69 Å². The zero-order valence-electron chi connectivity index (χ0n) is 19.7. The fourth-order valence-corrected chi connectivity index (χ4v) is 3.61. The van der Waals surface area contributed by atoms with E-state index in [2.05, 4.69) is 16.0 Å². The van der Waals surface area contributed by atoms with Crippen molar-refractivity contribution in [3.05, 3.63) is 118 Å². The number of hydrogen-bond donors (Lipinski definition) is 4. The lowest BCUT2D eigenvalue weighted by Crippen LogP contribution is -2.29. The Kier molecular flexibility index (Phi) is 7.58. The average Bonchev–Trinajstić information content (AvgIpc) is 2.88. The van der Waals surface area contributed by atoms with Crippen LogP contribution >= 0.6 is 0 Å². The van der Waals surface area contributed by atoms with E-state index in [4.69, 9.17) is 10.1 Å². The summed E-state index contributed by atoms with van der Waals surface area (Å²) < 4.78 is 35.1. The SMILES string of the molecule is CCNc1ccn(-c2ccc(F)cc2)c(=O)c1C(=O)Nc1ccc(OC2=CC=CN/C2=C\C=N)c(F)c1. The van der Waals surface area contributed by atoms with Gasteiger partial charge in [0.2, 0.25) is 0 Å². The van der Waals surface area contributed by atoms with E-state index in [0.717, 1.165) is 12.3 Å². The van der Waals surface area contributed by atoms with Crippen molar-refractivity contribution in [2.45, 2.75) is 6.92 Å². The largest absolute Gasteiger partial charge is 0.452 e. The third-order valence-corrected chi connectivity index (χ3v) is 5.30. The van der Waals surface area contributed by atoms with Crippen molar-refractivity contribution in [2.75, 3.05) is 17.2 Å². The van der Waals surface area contributed by atoms with Gasteiger partial charge in [0.25, 0.3) is 11.5 Å². The van der Waals surface area contributed by atoms with Crippen molar-refractivity contribution in [1.82, 2.24) is 9.88 Å². The maximum absolute atomic E-state index is 14.9. The highest BCUT2D eigenvalue weighted by molar-refractivity contribution is 6.07. The molecule has 37 heavy (non-hydrogen) atoms. The number of hydrogen-bond acceptors (Lipinski definition) is 6. The number of dihydropyridines is 1. The molecule has 3 aromatic rings. The summed E-state index contributed by atoms with van der Waals surface area (Å²) in [4.78, 5) is 26.4. The molecule has 0 spiro atoms. The molecule has 0 aliphatic carbocycles. The van der Waals surface area contributed by atoms with Crippen LogP contribution in [0.5, 0.6) is 5.75 Å². The summed E-state index contributed by atoms with van der Waals surface area (Å²) in [6.07, 6.45) is 8.95. The van der Waals surface area contributed by atoms with E-state index < -0.39 is 23.1 Å². The summed E-state index contributed by atoms with van der Waals surface area (Å²) in [5.74, 6) is -1.73. The van der Waals surface area contributed by atoms with Crippen LogP contribution in [0.2, 0.25) is 0 Å². The number of nitrogens with one attached hydrogen (secondary N) is 4. The number of anilines is 2. The van der Waals surface area contributed by atoms with Gasteiger partial charge in [0.05, 0.1) is 11.4 Å². The molecule has 1 amide bonds. The number of amides is 1. The highest BCUT2D eigenvalue weighted by Gasteiger charge is 2.20. The first-order valence-corrected chi connectivity index (χ1v) is 11.3. The summed E-state index contributed by atoms with van der Waals surface area (Å²) in [5, 5.41) is 15.7. The molecule has 8 nitrogen and oxygen atoms in total. The van der Waals surface area contributed by atoms with Gasteiger partial charge in [-0.3, -0.25) is 14.2 Å². The van der Waals surface area contributed by atoms with E-state index in [1.807, 2.05) is 6.92 Å². The molecule has 188 valence electrons. The number of ether oxygens (including phenoxy) is 1. The topological polar surface area (TPSA) is 108 Å². The minimum Gasteiger partial charge on any atom is -0.452 e. The van der Waals surface area contributed by atoms with Gasteiger partial charge in [-0.2, -0.15) is 0 Å². The first-order valence-electron chi connectivity index (χ1n) is 11.3. The van der Waals surface area contributed by atoms with E-state index >= 15 is 0 Å². The molecule has 0 fully saturated rings. The Labute approximate surface area is 211 Å². The molecule has 0 unspecified atom stereocenters. The second-order valence-corrected chi connectivity index (χ2v) is 7.77. The Hall–Kier alpha value is -4.99. The first-order chi connectivity index (χ1) is 17.9. The van der Waals surface area contributed by atoms with Gasteiger partial charge in [-0.15, -0.1) is 0 Å². The molecule has 1 aliphatic rings. The minimum atomic E-state index is -0.744. The van der Waals surface area contributed by atoms with Crippen LogP contribution < -0.4 is 26.2 Å². The molecule has 0 radical (unpaired) electrons.